The normalized spacial score (nSPS) is 18.7. The van der Waals surface area contributed by atoms with Gasteiger partial charge in [-0.25, -0.2) is 0 Å². The van der Waals surface area contributed by atoms with Gasteiger partial charge in [0.25, 0.3) is 0 Å². The van der Waals surface area contributed by atoms with E-state index in [-0.39, 0.29) is 5.60 Å². The Bertz CT molecular complexity index is 197. The average Bonchev–Trinajstić information content (AvgIpc) is 2.81. The van der Waals surface area contributed by atoms with Crippen molar-refractivity contribution in [1.29, 1.82) is 0 Å². The topological polar surface area (TPSA) is 21.3 Å². The molecule has 1 fully saturated rings. The molecule has 0 spiro atoms. The minimum Gasteiger partial charge on any atom is -0.374 e. The Balaban J connectivity index is 2.17. The molecule has 0 aromatic heterocycles. The van der Waals surface area contributed by atoms with Gasteiger partial charge < -0.3 is 10.1 Å². The molecule has 0 heterocycles. The molecule has 0 bridgehead atoms. The van der Waals surface area contributed by atoms with Gasteiger partial charge in [0.15, 0.2) is 0 Å². The van der Waals surface area contributed by atoms with Gasteiger partial charge in [-0.3, -0.25) is 0 Å². The van der Waals surface area contributed by atoms with Crippen LogP contribution in [0.1, 0.15) is 78.6 Å². The molecule has 1 N–H and O–H groups in total. The van der Waals surface area contributed by atoms with Crippen LogP contribution in [-0.2, 0) is 4.74 Å². The lowest BCUT2D eigenvalue weighted by Crippen LogP contribution is -2.43. The fraction of sp³-hybridized carbons (Fsp3) is 1.00. The number of hydrogen-bond donors (Lipinski definition) is 1. The molecule has 0 aliphatic heterocycles. The first-order valence-electron chi connectivity index (χ1n) is 8.06. The van der Waals surface area contributed by atoms with Crippen molar-refractivity contribution >= 4 is 0 Å². The van der Waals surface area contributed by atoms with Crippen LogP contribution in [0.5, 0.6) is 0 Å². The average molecular weight is 255 g/mol. The predicted molar refractivity (Wildman–Crippen MR) is 79.0 cm³/mol. The van der Waals surface area contributed by atoms with E-state index in [1.165, 1.54) is 57.8 Å². The Morgan fingerprint density at radius 3 is 2.33 bits per heavy atom. The highest BCUT2D eigenvalue weighted by atomic mass is 16.5. The monoisotopic (exact) mass is 255 g/mol. The summed E-state index contributed by atoms with van der Waals surface area (Å²) in [6, 6.07) is 0.565. The quantitative estimate of drug-likeness (QED) is 0.588. The summed E-state index contributed by atoms with van der Waals surface area (Å²) in [5.74, 6) is 0. The van der Waals surface area contributed by atoms with Gasteiger partial charge in [-0.2, -0.15) is 0 Å². The smallest absolute Gasteiger partial charge is 0.0806 e. The molecule has 0 atom stereocenters. The van der Waals surface area contributed by atoms with E-state index < -0.39 is 0 Å². The fourth-order valence-corrected chi connectivity index (χ4v) is 2.78. The molecule has 0 unspecified atom stereocenters. The molecule has 0 aromatic carbocycles. The van der Waals surface area contributed by atoms with Gasteiger partial charge in [0.05, 0.1) is 5.60 Å². The van der Waals surface area contributed by atoms with Gasteiger partial charge in [0, 0.05) is 19.2 Å². The van der Waals surface area contributed by atoms with E-state index in [4.69, 9.17) is 4.74 Å². The van der Waals surface area contributed by atoms with Crippen LogP contribution in [0.25, 0.3) is 0 Å². The second kappa shape index (κ2) is 8.92. The van der Waals surface area contributed by atoms with Crippen molar-refractivity contribution in [3.05, 3.63) is 0 Å². The highest BCUT2D eigenvalue weighted by Crippen LogP contribution is 2.33. The van der Waals surface area contributed by atoms with Crippen LogP contribution in [0.3, 0.4) is 0 Å². The molecule has 1 saturated carbocycles. The first-order chi connectivity index (χ1) is 8.68. The number of hydrogen-bond acceptors (Lipinski definition) is 2. The molecule has 1 rings (SSSR count). The highest BCUT2D eigenvalue weighted by molar-refractivity contribution is 4.89. The van der Waals surface area contributed by atoms with Crippen LogP contribution >= 0.6 is 0 Å². The number of unbranched alkanes of at least 4 members (excludes halogenated alkanes) is 4. The lowest BCUT2D eigenvalue weighted by atomic mass is 10.0. The molecule has 2 heteroatoms. The lowest BCUT2D eigenvalue weighted by molar-refractivity contribution is -0.0418. The van der Waals surface area contributed by atoms with E-state index >= 15 is 0 Å². The van der Waals surface area contributed by atoms with E-state index in [2.05, 4.69) is 26.1 Å². The second-order valence-corrected chi connectivity index (χ2v) is 6.19. The van der Waals surface area contributed by atoms with Crippen molar-refractivity contribution in [3.8, 4) is 0 Å². The van der Waals surface area contributed by atoms with Gasteiger partial charge in [-0.15, -0.1) is 0 Å². The predicted octanol–water partition coefficient (Wildman–Crippen LogP) is 4.28. The lowest BCUT2D eigenvalue weighted by Gasteiger charge is -2.31. The number of ether oxygens (including phenoxy) is 1. The molecule has 0 saturated heterocycles. The summed E-state index contributed by atoms with van der Waals surface area (Å²) in [6.07, 6.45) is 11.8. The van der Waals surface area contributed by atoms with Crippen LogP contribution in [0, 0.1) is 0 Å². The minimum absolute atomic E-state index is 0.162. The minimum atomic E-state index is 0.162. The zero-order chi connectivity index (χ0) is 13.3. The van der Waals surface area contributed by atoms with Crippen LogP contribution in [-0.4, -0.2) is 24.8 Å². The molecule has 0 aromatic rings. The summed E-state index contributed by atoms with van der Waals surface area (Å²) in [5, 5.41) is 3.56. The Morgan fingerprint density at radius 2 is 1.72 bits per heavy atom. The van der Waals surface area contributed by atoms with Crippen LogP contribution < -0.4 is 5.32 Å². The highest BCUT2D eigenvalue weighted by Gasteiger charge is 2.34. The van der Waals surface area contributed by atoms with Crippen LogP contribution in [0.15, 0.2) is 0 Å². The molecular formula is C16H33NO. The van der Waals surface area contributed by atoms with E-state index in [9.17, 15) is 0 Å². The molecular weight excluding hydrogens is 222 g/mol. The van der Waals surface area contributed by atoms with E-state index in [0.29, 0.717) is 6.04 Å². The van der Waals surface area contributed by atoms with Gasteiger partial charge in [-0.05, 0) is 19.3 Å². The van der Waals surface area contributed by atoms with E-state index in [1.807, 2.05) is 0 Å². The van der Waals surface area contributed by atoms with Crippen LogP contribution in [0.2, 0.25) is 0 Å². The number of nitrogens with one attached hydrogen (secondary N) is 1. The zero-order valence-corrected chi connectivity index (χ0v) is 12.8. The van der Waals surface area contributed by atoms with Gasteiger partial charge in [-0.1, -0.05) is 59.3 Å². The largest absolute Gasteiger partial charge is 0.374 e. The molecule has 18 heavy (non-hydrogen) atoms. The van der Waals surface area contributed by atoms with Gasteiger partial charge in [0.1, 0.15) is 0 Å². The van der Waals surface area contributed by atoms with E-state index in [0.717, 1.165) is 13.2 Å². The first-order valence-corrected chi connectivity index (χ1v) is 8.06. The Morgan fingerprint density at radius 1 is 1.06 bits per heavy atom. The molecule has 0 radical (unpaired) electrons. The van der Waals surface area contributed by atoms with Crippen molar-refractivity contribution in [2.45, 2.75) is 90.2 Å². The van der Waals surface area contributed by atoms with Crippen LogP contribution in [0.4, 0.5) is 0 Å². The first kappa shape index (κ1) is 16.0. The Hall–Kier alpha value is -0.0800. The SMILES string of the molecule is CCCCCCCOC1(CNC(C)C)CCCC1. The van der Waals surface area contributed by atoms with Crippen molar-refractivity contribution < 1.29 is 4.74 Å². The molecule has 108 valence electrons. The fourth-order valence-electron chi connectivity index (χ4n) is 2.78. The Kier molecular flexibility index (Phi) is 7.92. The third kappa shape index (κ3) is 6.19. The van der Waals surface area contributed by atoms with E-state index in [1.54, 1.807) is 0 Å². The summed E-state index contributed by atoms with van der Waals surface area (Å²) in [4.78, 5) is 0. The molecule has 2 nitrogen and oxygen atoms in total. The number of rotatable bonds is 10. The summed E-state index contributed by atoms with van der Waals surface area (Å²) < 4.78 is 6.26. The van der Waals surface area contributed by atoms with Crippen molar-refractivity contribution in [3.63, 3.8) is 0 Å². The second-order valence-electron chi connectivity index (χ2n) is 6.19. The Labute approximate surface area is 114 Å². The maximum Gasteiger partial charge on any atom is 0.0806 e. The maximum atomic E-state index is 6.26. The molecule has 1 aliphatic rings. The third-order valence-electron chi connectivity index (χ3n) is 4.00. The maximum absolute atomic E-state index is 6.26. The summed E-state index contributed by atoms with van der Waals surface area (Å²) >= 11 is 0. The van der Waals surface area contributed by atoms with Gasteiger partial charge >= 0.3 is 0 Å². The van der Waals surface area contributed by atoms with Crippen molar-refractivity contribution in [2.24, 2.45) is 0 Å². The van der Waals surface area contributed by atoms with Crippen molar-refractivity contribution in [1.82, 2.24) is 5.32 Å². The van der Waals surface area contributed by atoms with Crippen molar-refractivity contribution in [2.75, 3.05) is 13.2 Å². The molecule has 1 aliphatic carbocycles. The van der Waals surface area contributed by atoms with Gasteiger partial charge in [0.2, 0.25) is 0 Å². The third-order valence-corrected chi connectivity index (χ3v) is 4.00. The molecule has 0 amide bonds. The zero-order valence-electron chi connectivity index (χ0n) is 12.8. The summed E-state index contributed by atoms with van der Waals surface area (Å²) in [6.45, 7) is 8.70. The summed E-state index contributed by atoms with van der Waals surface area (Å²) in [5.41, 5.74) is 0.162. The standard InChI is InChI=1S/C16H33NO/c1-4-5-6-7-10-13-18-16(11-8-9-12-16)14-17-15(2)3/h15,17H,4-14H2,1-3H3. The summed E-state index contributed by atoms with van der Waals surface area (Å²) in [7, 11) is 0.